The van der Waals surface area contributed by atoms with Crippen molar-refractivity contribution in [3.8, 4) is 6.07 Å². The molecule has 1 fully saturated rings. The molecule has 1 aliphatic heterocycles. The molecule has 1 aliphatic rings. The molecule has 1 heterocycles. The topological polar surface area (TPSA) is 47.3 Å². The molecular formula is C17H22ClN3O. The molecule has 0 atom stereocenters. The zero-order valence-electron chi connectivity index (χ0n) is 13.0. The SMILES string of the molecule is CN1CCC(N(C)C(=O)/C(C#N)=C\c2ccccc2)CC1.Cl. The Bertz CT molecular complexity index is 557. The largest absolute Gasteiger partial charge is 0.338 e. The number of carbonyl (C=O) groups is 1. The van der Waals surface area contributed by atoms with E-state index in [9.17, 15) is 10.1 Å². The van der Waals surface area contributed by atoms with Crippen LogP contribution in [0.25, 0.3) is 6.08 Å². The van der Waals surface area contributed by atoms with Crippen molar-refractivity contribution in [1.82, 2.24) is 9.80 Å². The zero-order valence-corrected chi connectivity index (χ0v) is 13.8. The Kier molecular flexibility index (Phi) is 7.10. The van der Waals surface area contributed by atoms with E-state index in [-0.39, 0.29) is 29.9 Å². The van der Waals surface area contributed by atoms with E-state index in [0.717, 1.165) is 31.5 Å². The molecule has 0 spiro atoms. The summed E-state index contributed by atoms with van der Waals surface area (Å²) < 4.78 is 0. The van der Waals surface area contributed by atoms with E-state index >= 15 is 0 Å². The first kappa shape index (κ1) is 18.2. The summed E-state index contributed by atoms with van der Waals surface area (Å²) in [4.78, 5) is 16.5. The van der Waals surface area contributed by atoms with Crippen molar-refractivity contribution < 1.29 is 4.79 Å². The molecule has 22 heavy (non-hydrogen) atoms. The van der Waals surface area contributed by atoms with Gasteiger partial charge in [-0.25, -0.2) is 0 Å². The molecule has 0 bridgehead atoms. The molecule has 0 saturated carbocycles. The lowest BCUT2D eigenvalue weighted by atomic mass is 10.0. The summed E-state index contributed by atoms with van der Waals surface area (Å²) in [6.45, 7) is 1.99. The highest BCUT2D eigenvalue weighted by atomic mass is 35.5. The van der Waals surface area contributed by atoms with E-state index in [1.54, 1.807) is 18.0 Å². The lowest BCUT2D eigenvalue weighted by molar-refractivity contribution is -0.128. The van der Waals surface area contributed by atoms with E-state index in [1.165, 1.54) is 0 Å². The minimum Gasteiger partial charge on any atom is -0.338 e. The number of benzene rings is 1. The Morgan fingerprint density at radius 2 is 1.91 bits per heavy atom. The standard InChI is InChI=1S/C17H21N3O.ClH/c1-19-10-8-16(9-11-19)20(2)17(21)15(13-18)12-14-6-4-3-5-7-14;/h3-7,12,16H,8-11H2,1-2H3;1H/b15-12-;. The van der Waals surface area contributed by atoms with Gasteiger partial charge in [-0.05, 0) is 44.6 Å². The Morgan fingerprint density at radius 1 is 1.32 bits per heavy atom. The van der Waals surface area contributed by atoms with Crippen LogP contribution in [0.4, 0.5) is 0 Å². The number of piperidine rings is 1. The second-order valence-corrected chi connectivity index (χ2v) is 5.53. The first-order chi connectivity index (χ1) is 10.1. The third-order valence-corrected chi connectivity index (χ3v) is 4.02. The van der Waals surface area contributed by atoms with Gasteiger partial charge in [0.15, 0.2) is 0 Å². The predicted molar refractivity (Wildman–Crippen MR) is 90.6 cm³/mol. The normalized spacial score (nSPS) is 16.5. The number of carbonyl (C=O) groups excluding carboxylic acids is 1. The van der Waals surface area contributed by atoms with Gasteiger partial charge in [-0.3, -0.25) is 4.79 Å². The number of hydrogen-bond donors (Lipinski definition) is 0. The number of nitrogens with zero attached hydrogens (tertiary/aromatic N) is 3. The number of halogens is 1. The highest BCUT2D eigenvalue weighted by molar-refractivity contribution is 6.01. The molecule has 0 unspecified atom stereocenters. The fourth-order valence-electron chi connectivity index (χ4n) is 2.60. The van der Waals surface area contributed by atoms with Gasteiger partial charge in [0, 0.05) is 13.1 Å². The summed E-state index contributed by atoms with van der Waals surface area (Å²) in [5.41, 5.74) is 1.07. The summed E-state index contributed by atoms with van der Waals surface area (Å²) in [6, 6.07) is 11.7. The molecule has 0 radical (unpaired) electrons. The molecule has 4 nitrogen and oxygen atoms in total. The lowest BCUT2D eigenvalue weighted by Gasteiger charge is -2.35. The molecule has 5 heteroatoms. The van der Waals surface area contributed by atoms with E-state index in [2.05, 4.69) is 11.9 Å². The molecule has 0 aromatic heterocycles. The van der Waals surface area contributed by atoms with Gasteiger partial charge in [-0.2, -0.15) is 5.26 Å². The summed E-state index contributed by atoms with van der Waals surface area (Å²) >= 11 is 0. The third kappa shape index (κ3) is 4.59. The van der Waals surface area contributed by atoms with Crippen LogP contribution in [-0.4, -0.2) is 48.9 Å². The van der Waals surface area contributed by atoms with E-state index in [4.69, 9.17) is 0 Å². The number of hydrogen-bond acceptors (Lipinski definition) is 3. The summed E-state index contributed by atoms with van der Waals surface area (Å²) in [5, 5.41) is 9.27. The Morgan fingerprint density at radius 3 is 2.45 bits per heavy atom. The second kappa shape index (κ2) is 8.57. The molecule has 1 saturated heterocycles. The van der Waals surface area contributed by atoms with Crippen molar-refractivity contribution in [3.05, 3.63) is 41.5 Å². The van der Waals surface area contributed by atoms with Crippen molar-refractivity contribution in [2.75, 3.05) is 27.2 Å². The van der Waals surface area contributed by atoms with Crippen LogP contribution in [0.15, 0.2) is 35.9 Å². The Hall–Kier alpha value is -1.83. The number of likely N-dealkylation sites (N-methyl/N-ethyl adjacent to an activating group) is 1. The molecular weight excluding hydrogens is 298 g/mol. The van der Waals surface area contributed by atoms with Crippen molar-refractivity contribution in [1.29, 1.82) is 5.26 Å². The van der Waals surface area contributed by atoms with Gasteiger partial charge in [-0.15, -0.1) is 12.4 Å². The van der Waals surface area contributed by atoms with Gasteiger partial charge in [0.05, 0.1) is 0 Å². The maximum absolute atomic E-state index is 12.5. The molecule has 1 amide bonds. The highest BCUT2D eigenvalue weighted by Gasteiger charge is 2.25. The quantitative estimate of drug-likeness (QED) is 0.635. The molecule has 1 aromatic rings. The Labute approximate surface area is 138 Å². The van der Waals surface area contributed by atoms with Crippen molar-refractivity contribution in [2.24, 2.45) is 0 Å². The lowest BCUT2D eigenvalue weighted by Crippen LogP contribution is -2.44. The predicted octanol–water partition coefficient (Wildman–Crippen LogP) is 2.57. The van der Waals surface area contributed by atoms with Crippen LogP contribution in [-0.2, 0) is 4.79 Å². The summed E-state index contributed by atoms with van der Waals surface area (Å²) in [7, 11) is 3.89. The van der Waals surface area contributed by atoms with E-state index in [0.29, 0.717) is 0 Å². The fourth-order valence-corrected chi connectivity index (χ4v) is 2.60. The molecule has 1 aromatic carbocycles. The number of nitriles is 1. The zero-order chi connectivity index (χ0) is 15.2. The molecule has 0 N–H and O–H groups in total. The van der Waals surface area contributed by atoms with Crippen LogP contribution in [0.3, 0.4) is 0 Å². The van der Waals surface area contributed by atoms with Gasteiger partial charge >= 0.3 is 0 Å². The number of likely N-dealkylation sites (tertiary alicyclic amines) is 1. The first-order valence-electron chi connectivity index (χ1n) is 7.24. The summed E-state index contributed by atoms with van der Waals surface area (Å²) in [5.74, 6) is -0.184. The molecule has 0 aliphatic carbocycles. The minimum atomic E-state index is -0.184. The minimum absolute atomic E-state index is 0. The van der Waals surface area contributed by atoms with Crippen LogP contribution in [0.1, 0.15) is 18.4 Å². The van der Waals surface area contributed by atoms with Gasteiger partial charge in [0.25, 0.3) is 5.91 Å². The second-order valence-electron chi connectivity index (χ2n) is 5.53. The van der Waals surface area contributed by atoms with Crippen LogP contribution in [0.5, 0.6) is 0 Å². The highest BCUT2D eigenvalue weighted by Crippen LogP contribution is 2.17. The molecule has 2 rings (SSSR count). The van der Waals surface area contributed by atoms with Crippen LogP contribution < -0.4 is 0 Å². The van der Waals surface area contributed by atoms with Gasteiger partial charge < -0.3 is 9.80 Å². The maximum atomic E-state index is 12.5. The van der Waals surface area contributed by atoms with Crippen molar-refractivity contribution >= 4 is 24.4 Å². The van der Waals surface area contributed by atoms with Gasteiger partial charge in [-0.1, -0.05) is 30.3 Å². The van der Waals surface area contributed by atoms with E-state index < -0.39 is 0 Å². The first-order valence-corrected chi connectivity index (χ1v) is 7.24. The van der Waals surface area contributed by atoms with Gasteiger partial charge in [0.2, 0.25) is 0 Å². The van der Waals surface area contributed by atoms with Crippen LogP contribution in [0.2, 0.25) is 0 Å². The van der Waals surface area contributed by atoms with Crippen LogP contribution in [0, 0.1) is 11.3 Å². The maximum Gasteiger partial charge on any atom is 0.264 e. The Balaban J connectivity index is 0.00000242. The fraction of sp³-hybridized carbons (Fsp3) is 0.412. The van der Waals surface area contributed by atoms with Crippen LogP contribution >= 0.6 is 12.4 Å². The number of amides is 1. The van der Waals surface area contributed by atoms with Gasteiger partial charge in [0.1, 0.15) is 11.6 Å². The smallest absolute Gasteiger partial charge is 0.264 e. The van der Waals surface area contributed by atoms with Crippen molar-refractivity contribution in [3.63, 3.8) is 0 Å². The van der Waals surface area contributed by atoms with Crippen molar-refractivity contribution in [2.45, 2.75) is 18.9 Å². The average molecular weight is 320 g/mol. The third-order valence-electron chi connectivity index (χ3n) is 4.02. The molecule has 118 valence electrons. The average Bonchev–Trinajstić information content (AvgIpc) is 2.53. The monoisotopic (exact) mass is 319 g/mol. The number of rotatable bonds is 3. The summed E-state index contributed by atoms with van der Waals surface area (Å²) in [6.07, 6.45) is 3.58. The van der Waals surface area contributed by atoms with E-state index in [1.807, 2.05) is 36.4 Å².